The van der Waals surface area contributed by atoms with Gasteiger partial charge in [-0.3, -0.25) is 4.79 Å². The third-order valence-corrected chi connectivity index (χ3v) is 9.14. The first-order valence-electron chi connectivity index (χ1n) is 10.7. The Hall–Kier alpha value is -0.830. The molecule has 5 rings (SSSR count). The second-order valence-electron chi connectivity index (χ2n) is 10.2. The lowest BCUT2D eigenvalue weighted by molar-refractivity contribution is -0.138. The molecular weight excluding hydrogens is 308 g/mol. The van der Waals surface area contributed by atoms with Gasteiger partial charge in [-0.05, 0) is 80.6 Å². The van der Waals surface area contributed by atoms with E-state index in [1.54, 1.807) is 0 Å². The second kappa shape index (κ2) is 5.34. The average Bonchev–Trinajstić information content (AvgIpc) is 3.34. The van der Waals surface area contributed by atoms with Crippen LogP contribution >= 0.6 is 0 Å². The Morgan fingerprint density at radius 2 is 1.84 bits per heavy atom. The maximum Gasteiger partial charge on any atom is 0.246 e. The molecule has 7 atom stereocenters. The van der Waals surface area contributed by atoms with Crippen molar-refractivity contribution in [1.29, 1.82) is 0 Å². The number of carbonyl (C=O) groups is 1. The van der Waals surface area contributed by atoms with Gasteiger partial charge in [-0.1, -0.05) is 19.9 Å². The molecular formula is C22H34N2O. The maximum absolute atomic E-state index is 12.2. The van der Waals surface area contributed by atoms with Crippen LogP contribution in [0.5, 0.6) is 0 Å². The van der Waals surface area contributed by atoms with E-state index in [2.05, 4.69) is 25.2 Å². The molecule has 0 radical (unpaired) electrons. The zero-order chi connectivity index (χ0) is 17.4. The van der Waals surface area contributed by atoms with E-state index < -0.39 is 0 Å². The average molecular weight is 343 g/mol. The molecule has 0 aromatic carbocycles. The number of rotatable bonds is 2. The molecule has 5 aliphatic rings. The fourth-order valence-corrected chi connectivity index (χ4v) is 7.55. The summed E-state index contributed by atoms with van der Waals surface area (Å²) in [6.45, 7) is 5.05. The number of fused-ring (bicyclic) bond motifs is 5. The fraction of sp³-hybridized carbons (Fsp3) is 0.864. The predicted octanol–water partition coefficient (Wildman–Crippen LogP) is 3.75. The molecule has 4 aliphatic carbocycles. The fourth-order valence-electron chi connectivity index (χ4n) is 7.55. The number of hydrogen-bond acceptors (Lipinski definition) is 2. The summed E-state index contributed by atoms with van der Waals surface area (Å²) in [5.41, 5.74) is 0.696. The third-order valence-electron chi connectivity index (χ3n) is 9.14. The van der Waals surface area contributed by atoms with Crippen LogP contribution in [-0.2, 0) is 4.79 Å². The van der Waals surface area contributed by atoms with Crippen LogP contribution in [0.15, 0.2) is 12.2 Å². The van der Waals surface area contributed by atoms with Crippen molar-refractivity contribution in [2.24, 2.45) is 28.6 Å². The molecule has 1 N–H and O–H groups in total. The highest BCUT2D eigenvalue weighted by Gasteiger charge is 2.60. The summed E-state index contributed by atoms with van der Waals surface area (Å²) in [6, 6.07) is 1.99. The number of hydrogen-bond donors (Lipinski definition) is 1. The molecule has 138 valence electrons. The number of likely N-dealkylation sites (N-methyl/N-ethyl adjacent to an activating group) is 1. The van der Waals surface area contributed by atoms with Crippen molar-refractivity contribution in [3.8, 4) is 0 Å². The van der Waals surface area contributed by atoms with Gasteiger partial charge < -0.3 is 10.2 Å². The highest BCUT2D eigenvalue weighted by atomic mass is 16.2. The molecule has 0 bridgehead atoms. The lowest BCUT2D eigenvalue weighted by atomic mass is 9.48. The van der Waals surface area contributed by atoms with Gasteiger partial charge in [-0.2, -0.15) is 0 Å². The Morgan fingerprint density at radius 3 is 2.60 bits per heavy atom. The molecule has 0 aromatic rings. The molecule has 1 amide bonds. The van der Waals surface area contributed by atoms with Gasteiger partial charge in [0.15, 0.2) is 0 Å². The molecule has 4 fully saturated rings. The first-order chi connectivity index (χ1) is 11.9. The molecule has 0 saturated heterocycles. The second-order valence-corrected chi connectivity index (χ2v) is 10.2. The van der Waals surface area contributed by atoms with Gasteiger partial charge in [0.25, 0.3) is 0 Å². The number of carbonyl (C=O) groups excluding carboxylic acids is 1. The zero-order valence-corrected chi connectivity index (χ0v) is 16.1. The summed E-state index contributed by atoms with van der Waals surface area (Å²) < 4.78 is 0. The first-order valence-corrected chi connectivity index (χ1v) is 10.7. The SMILES string of the molecule is CN1C(=O)C=C[C@@]2(C)C1CC[C@@H]1[C@H]2CC[C@]2(C)C(NC3CC3)CC[C@@H]12. The Bertz CT molecular complexity index is 611. The minimum Gasteiger partial charge on any atom is -0.338 e. The van der Waals surface area contributed by atoms with Crippen LogP contribution in [0.1, 0.15) is 65.2 Å². The summed E-state index contributed by atoms with van der Waals surface area (Å²) >= 11 is 0. The lowest BCUT2D eigenvalue weighted by Gasteiger charge is -2.60. The summed E-state index contributed by atoms with van der Waals surface area (Å²) in [5.74, 6) is 2.71. The van der Waals surface area contributed by atoms with Gasteiger partial charge >= 0.3 is 0 Å². The Morgan fingerprint density at radius 1 is 1.04 bits per heavy atom. The van der Waals surface area contributed by atoms with E-state index in [9.17, 15) is 4.79 Å². The van der Waals surface area contributed by atoms with Crippen LogP contribution in [-0.4, -0.2) is 36.0 Å². The van der Waals surface area contributed by atoms with Crippen LogP contribution in [0, 0.1) is 28.6 Å². The van der Waals surface area contributed by atoms with Gasteiger partial charge in [0.1, 0.15) is 0 Å². The van der Waals surface area contributed by atoms with Crippen molar-refractivity contribution in [3.05, 3.63) is 12.2 Å². The minimum atomic E-state index is 0.189. The largest absolute Gasteiger partial charge is 0.338 e. The molecule has 3 nitrogen and oxygen atoms in total. The van der Waals surface area contributed by atoms with Crippen molar-refractivity contribution in [3.63, 3.8) is 0 Å². The Kier molecular flexibility index (Phi) is 3.49. The molecule has 2 unspecified atom stereocenters. The Balaban J connectivity index is 1.43. The molecule has 0 aromatic heterocycles. The highest BCUT2D eigenvalue weighted by molar-refractivity contribution is 5.89. The molecule has 4 saturated carbocycles. The summed E-state index contributed by atoms with van der Waals surface area (Å²) in [5, 5.41) is 4.00. The highest BCUT2D eigenvalue weighted by Crippen LogP contribution is 2.64. The number of nitrogens with one attached hydrogen (secondary N) is 1. The van der Waals surface area contributed by atoms with Crippen LogP contribution in [0.2, 0.25) is 0 Å². The van der Waals surface area contributed by atoms with Crippen molar-refractivity contribution < 1.29 is 4.79 Å². The summed E-state index contributed by atoms with van der Waals surface area (Å²) in [6.07, 6.45) is 15.0. The van der Waals surface area contributed by atoms with Gasteiger partial charge in [-0.15, -0.1) is 0 Å². The van der Waals surface area contributed by atoms with E-state index in [1.807, 2.05) is 18.0 Å². The van der Waals surface area contributed by atoms with Gasteiger partial charge in [0.2, 0.25) is 5.91 Å². The van der Waals surface area contributed by atoms with Crippen molar-refractivity contribution in [2.45, 2.75) is 83.3 Å². The van der Waals surface area contributed by atoms with E-state index in [0.29, 0.717) is 11.5 Å². The molecule has 25 heavy (non-hydrogen) atoms. The molecule has 1 aliphatic heterocycles. The summed E-state index contributed by atoms with van der Waals surface area (Å²) in [4.78, 5) is 14.2. The standard InChI is InChI=1S/C22H34N2O/c1-21-12-10-17-15(16(21)7-8-18(21)23-14-4-5-14)6-9-19-22(17,2)13-11-20(25)24(19)3/h11,13-19,23H,4-10,12H2,1-3H3/t15-,16-,17+,18?,19?,21-,22+/m0/s1. The minimum absolute atomic E-state index is 0.189. The predicted molar refractivity (Wildman–Crippen MR) is 100 cm³/mol. The van der Waals surface area contributed by atoms with E-state index in [0.717, 1.165) is 29.8 Å². The first kappa shape index (κ1) is 16.4. The molecule has 0 spiro atoms. The van der Waals surface area contributed by atoms with Crippen molar-refractivity contribution >= 4 is 5.91 Å². The van der Waals surface area contributed by atoms with Gasteiger partial charge in [0.05, 0.1) is 0 Å². The van der Waals surface area contributed by atoms with Crippen molar-refractivity contribution in [1.82, 2.24) is 10.2 Å². The Labute approximate surface area is 152 Å². The maximum atomic E-state index is 12.2. The van der Waals surface area contributed by atoms with Crippen LogP contribution < -0.4 is 5.32 Å². The lowest BCUT2D eigenvalue weighted by Crippen LogP contribution is -2.60. The normalized spacial score (nSPS) is 51.9. The number of amides is 1. The van der Waals surface area contributed by atoms with E-state index in [1.165, 1.54) is 51.4 Å². The van der Waals surface area contributed by atoms with Gasteiger partial charge in [-0.25, -0.2) is 0 Å². The molecule has 1 heterocycles. The van der Waals surface area contributed by atoms with E-state index in [4.69, 9.17) is 0 Å². The number of nitrogens with zero attached hydrogens (tertiary/aromatic N) is 1. The van der Waals surface area contributed by atoms with Crippen molar-refractivity contribution in [2.75, 3.05) is 7.05 Å². The smallest absolute Gasteiger partial charge is 0.246 e. The topological polar surface area (TPSA) is 32.3 Å². The quantitative estimate of drug-likeness (QED) is 0.829. The third kappa shape index (κ3) is 2.23. The van der Waals surface area contributed by atoms with Gasteiger partial charge in [0, 0.05) is 30.6 Å². The monoisotopic (exact) mass is 342 g/mol. The van der Waals surface area contributed by atoms with Crippen LogP contribution in [0.3, 0.4) is 0 Å². The van der Waals surface area contributed by atoms with Crippen LogP contribution in [0.25, 0.3) is 0 Å². The zero-order valence-electron chi connectivity index (χ0n) is 16.1. The summed E-state index contributed by atoms with van der Waals surface area (Å²) in [7, 11) is 2.02. The van der Waals surface area contributed by atoms with E-state index in [-0.39, 0.29) is 11.3 Å². The van der Waals surface area contributed by atoms with Crippen LogP contribution in [0.4, 0.5) is 0 Å². The molecule has 3 heteroatoms. The van der Waals surface area contributed by atoms with E-state index >= 15 is 0 Å².